The van der Waals surface area contributed by atoms with E-state index in [4.69, 9.17) is 20.4 Å². The molecule has 0 bridgehead atoms. The predicted molar refractivity (Wildman–Crippen MR) is 136 cm³/mol. The molecule has 0 spiro atoms. The number of methoxy groups -OCH3 is 1. The van der Waals surface area contributed by atoms with Crippen molar-refractivity contribution in [1.29, 1.82) is 0 Å². The predicted octanol–water partition coefficient (Wildman–Crippen LogP) is 3.64. The van der Waals surface area contributed by atoms with Crippen molar-refractivity contribution in [2.24, 2.45) is 5.73 Å². The zero-order chi connectivity index (χ0) is 26.1. The van der Waals surface area contributed by atoms with Crippen LogP contribution >= 0.6 is 0 Å². The summed E-state index contributed by atoms with van der Waals surface area (Å²) in [6, 6.07) is 13.1. The molecule has 3 N–H and O–H groups in total. The van der Waals surface area contributed by atoms with Crippen molar-refractivity contribution >= 4 is 21.9 Å². The SMILES string of the molecule is COCN(c1nc(-c2c(C)cccc2C)cc(C2(CCN)CC2)n1)S(=O)(=O)c1cccc(C(=O)O)c1. The summed E-state index contributed by atoms with van der Waals surface area (Å²) >= 11 is 0. The molecular formula is C26H30N4O5S. The largest absolute Gasteiger partial charge is 0.478 e. The summed E-state index contributed by atoms with van der Waals surface area (Å²) in [5, 5.41) is 9.36. The molecule has 190 valence electrons. The highest BCUT2D eigenvalue weighted by Crippen LogP contribution is 2.51. The van der Waals surface area contributed by atoms with Crippen LogP contribution < -0.4 is 10.0 Å². The average Bonchev–Trinajstić information content (AvgIpc) is 3.63. The summed E-state index contributed by atoms with van der Waals surface area (Å²) in [5.74, 6) is -1.26. The van der Waals surface area contributed by atoms with Gasteiger partial charge in [-0.15, -0.1) is 0 Å². The number of benzene rings is 2. The third-order valence-electron chi connectivity index (χ3n) is 6.61. The second-order valence-electron chi connectivity index (χ2n) is 9.13. The first kappa shape index (κ1) is 25.7. The number of carbonyl (C=O) groups is 1. The van der Waals surface area contributed by atoms with Gasteiger partial charge in [-0.2, -0.15) is 0 Å². The highest BCUT2D eigenvalue weighted by atomic mass is 32.2. The van der Waals surface area contributed by atoms with E-state index in [0.717, 1.165) is 52.0 Å². The number of rotatable bonds is 10. The smallest absolute Gasteiger partial charge is 0.335 e. The Morgan fingerprint density at radius 3 is 2.36 bits per heavy atom. The van der Waals surface area contributed by atoms with Crippen LogP contribution in [0.2, 0.25) is 0 Å². The van der Waals surface area contributed by atoms with Crippen molar-refractivity contribution < 1.29 is 23.1 Å². The molecule has 4 rings (SSSR count). The Morgan fingerprint density at radius 2 is 1.78 bits per heavy atom. The van der Waals surface area contributed by atoms with Crippen molar-refractivity contribution in [1.82, 2.24) is 9.97 Å². The Morgan fingerprint density at radius 1 is 1.11 bits per heavy atom. The van der Waals surface area contributed by atoms with Crippen LogP contribution in [0.5, 0.6) is 0 Å². The van der Waals surface area contributed by atoms with Crippen LogP contribution in [-0.2, 0) is 20.2 Å². The molecule has 0 unspecified atom stereocenters. The maximum Gasteiger partial charge on any atom is 0.335 e. The molecule has 0 atom stereocenters. The number of nitrogens with two attached hydrogens (primary N) is 1. The summed E-state index contributed by atoms with van der Waals surface area (Å²) in [4.78, 5) is 20.7. The Balaban J connectivity index is 1.93. The molecule has 1 aliphatic rings. The number of hydrogen-bond donors (Lipinski definition) is 2. The lowest BCUT2D eigenvalue weighted by Crippen LogP contribution is -2.35. The average molecular weight is 511 g/mol. The van der Waals surface area contributed by atoms with E-state index in [-0.39, 0.29) is 28.6 Å². The minimum absolute atomic E-state index is 0.0315. The van der Waals surface area contributed by atoms with Crippen LogP contribution in [0.3, 0.4) is 0 Å². The van der Waals surface area contributed by atoms with Gasteiger partial charge in [-0.1, -0.05) is 24.3 Å². The Labute approximate surface area is 211 Å². The second-order valence-corrected chi connectivity index (χ2v) is 11.0. The molecule has 0 aliphatic heterocycles. The zero-order valence-electron chi connectivity index (χ0n) is 20.6. The van der Waals surface area contributed by atoms with Gasteiger partial charge in [-0.3, -0.25) is 0 Å². The van der Waals surface area contributed by atoms with E-state index in [2.05, 4.69) is 0 Å². The Hall–Kier alpha value is -3.34. The highest BCUT2D eigenvalue weighted by Gasteiger charge is 2.45. The van der Waals surface area contributed by atoms with Gasteiger partial charge in [0.15, 0.2) is 0 Å². The van der Waals surface area contributed by atoms with E-state index in [9.17, 15) is 18.3 Å². The van der Waals surface area contributed by atoms with Crippen LogP contribution in [0.25, 0.3) is 11.3 Å². The molecule has 1 fully saturated rings. The summed E-state index contributed by atoms with van der Waals surface area (Å²) in [6.07, 6.45) is 2.54. The molecule has 36 heavy (non-hydrogen) atoms. The second kappa shape index (κ2) is 9.96. The molecule has 2 aromatic carbocycles. The highest BCUT2D eigenvalue weighted by molar-refractivity contribution is 7.92. The number of carboxylic acids is 1. The molecular weight excluding hydrogens is 480 g/mol. The van der Waals surface area contributed by atoms with Crippen LogP contribution in [0.15, 0.2) is 53.4 Å². The van der Waals surface area contributed by atoms with Gasteiger partial charge >= 0.3 is 5.97 Å². The van der Waals surface area contributed by atoms with Crippen LogP contribution in [0.1, 0.15) is 46.4 Å². The number of anilines is 1. The molecule has 1 saturated carbocycles. The van der Waals surface area contributed by atoms with Gasteiger partial charge < -0.3 is 15.6 Å². The molecule has 0 amide bonds. The van der Waals surface area contributed by atoms with Crippen molar-refractivity contribution in [2.45, 2.75) is 43.4 Å². The monoisotopic (exact) mass is 510 g/mol. The number of ether oxygens (including phenoxy) is 1. The molecule has 1 aliphatic carbocycles. The zero-order valence-corrected chi connectivity index (χ0v) is 21.4. The molecule has 10 heteroatoms. The maximum atomic E-state index is 13.7. The van der Waals surface area contributed by atoms with Gasteiger partial charge in [0.2, 0.25) is 5.95 Å². The Bertz CT molecular complexity index is 1380. The molecule has 0 radical (unpaired) electrons. The first-order chi connectivity index (χ1) is 17.1. The number of aryl methyl sites for hydroxylation is 2. The summed E-state index contributed by atoms with van der Waals surface area (Å²) in [5.41, 5.74) is 9.82. The van der Waals surface area contributed by atoms with Gasteiger partial charge in [0.05, 0.1) is 21.8 Å². The topological polar surface area (TPSA) is 136 Å². The maximum absolute atomic E-state index is 13.7. The van der Waals surface area contributed by atoms with Crippen molar-refractivity contribution in [3.63, 3.8) is 0 Å². The lowest BCUT2D eigenvalue weighted by atomic mass is 9.94. The normalized spacial score (nSPS) is 14.4. The van der Waals surface area contributed by atoms with Crippen LogP contribution in [0.4, 0.5) is 5.95 Å². The number of nitrogens with zero attached hydrogens (tertiary/aromatic N) is 3. The standard InChI is InChI=1S/C26H30N4O5S/c1-17-6-4-7-18(2)23(17)21-15-22(26(10-11-26)12-13-27)29-25(28-21)30(16-35-3)36(33,34)20-9-5-8-19(14-20)24(31)32/h4-9,14-15H,10-13,16,27H2,1-3H3,(H,31,32). The summed E-state index contributed by atoms with van der Waals surface area (Å²) in [6.45, 7) is 4.11. The fourth-order valence-corrected chi connectivity index (χ4v) is 5.82. The van der Waals surface area contributed by atoms with Crippen molar-refractivity contribution in [3.8, 4) is 11.3 Å². The lowest BCUT2D eigenvalue weighted by Gasteiger charge is -2.24. The first-order valence-electron chi connectivity index (χ1n) is 11.6. The Kier molecular flexibility index (Phi) is 7.12. The molecule has 3 aromatic rings. The van der Waals surface area contributed by atoms with Gasteiger partial charge in [-0.25, -0.2) is 27.5 Å². The fourth-order valence-electron chi connectivity index (χ4n) is 4.49. The number of sulfonamides is 1. The van der Waals surface area contributed by atoms with Gasteiger partial charge in [0, 0.05) is 18.1 Å². The molecule has 1 aromatic heterocycles. The first-order valence-corrected chi connectivity index (χ1v) is 13.1. The van der Waals surface area contributed by atoms with E-state index >= 15 is 0 Å². The van der Waals surface area contributed by atoms with Gasteiger partial charge in [0.1, 0.15) is 6.73 Å². The fraction of sp³-hybridized carbons (Fsp3) is 0.346. The molecule has 9 nitrogen and oxygen atoms in total. The molecule has 0 saturated heterocycles. The van der Waals surface area contributed by atoms with Crippen molar-refractivity contribution in [3.05, 3.63) is 70.9 Å². The summed E-state index contributed by atoms with van der Waals surface area (Å²) in [7, 11) is -2.87. The van der Waals surface area contributed by atoms with E-state index in [1.165, 1.54) is 25.3 Å². The third-order valence-corrected chi connectivity index (χ3v) is 8.31. The number of carboxylic acid groups (broad SMARTS) is 1. The molecule has 1 heterocycles. The van der Waals surface area contributed by atoms with Crippen LogP contribution in [-0.4, -0.2) is 49.8 Å². The quantitative estimate of drug-likeness (QED) is 0.395. The van der Waals surface area contributed by atoms with Crippen molar-refractivity contribution in [2.75, 3.05) is 24.7 Å². The number of aromatic carboxylic acids is 1. The minimum atomic E-state index is -4.25. The lowest BCUT2D eigenvalue weighted by molar-refractivity contribution is 0.0696. The van der Waals surface area contributed by atoms with E-state index in [0.29, 0.717) is 12.2 Å². The van der Waals surface area contributed by atoms with E-state index in [1.54, 1.807) is 0 Å². The number of aromatic nitrogens is 2. The number of hydrogen-bond acceptors (Lipinski definition) is 7. The minimum Gasteiger partial charge on any atom is -0.478 e. The van der Waals surface area contributed by atoms with Gasteiger partial charge in [-0.05, 0) is 75.0 Å². The summed E-state index contributed by atoms with van der Waals surface area (Å²) < 4.78 is 33.7. The van der Waals surface area contributed by atoms with E-state index < -0.39 is 16.0 Å². The van der Waals surface area contributed by atoms with Crippen LogP contribution in [0, 0.1) is 13.8 Å². The van der Waals surface area contributed by atoms with Gasteiger partial charge in [0.25, 0.3) is 10.0 Å². The van der Waals surface area contributed by atoms with E-state index in [1.807, 2.05) is 38.1 Å². The third kappa shape index (κ3) is 4.84.